The molecule has 0 aliphatic carbocycles. The molecule has 0 radical (unpaired) electrons. The van der Waals surface area contributed by atoms with Gasteiger partial charge in [-0.3, -0.25) is 4.79 Å². The second-order valence-corrected chi connectivity index (χ2v) is 7.90. The van der Waals surface area contributed by atoms with Gasteiger partial charge in [0.15, 0.2) is 0 Å². The summed E-state index contributed by atoms with van der Waals surface area (Å²) in [6.45, 7) is 2.37. The third-order valence-electron chi connectivity index (χ3n) is 4.20. The topological polar surface area (TPSA) is 74.7 Å². The van der Waals surface area contributed by atoms with E-state index in [2.05, 4.69) is 5.32 Å². The standard InChI is InChI=1S/C15H26N4O3S/c1-16-7-10-17(2)15(20)14-11-13(12-18(14)3)23(21,22)19-8-5-4-6-9-19/h11-12,16H,4-10H2,1-3H3. The van der Waals surface area contributed by atoms with Crippen LogP contribution in [0.4, 0.5) is 0 Å². The van der Waals surface area contributed by atoms with Crippen LogP contribution in [-0.4, -0.2) is 68.4 Å². The second kappa shape index (κ2) is 7.46. The van der Waals surface area contributed by atoms with Gasteiger partial charge >= 0.3 is 0 Å². The van der Waals surface area contributed by atoms with Crippen molar-refractivity contribution in [2.75, 3.05) is 40.3 Å². The lowest BCUT2D eigenvalue weighted by atomic mass is 10.2. The number of amides is 1. The van der Waals surface area contributed by atoms with E-state index in [9.17, 15) is 13.2 Å². The molecule has 1 N–H and O–H groups in total. The van der Waals surface area contributed by atoms with Crippen LogP contribution in [0.1, 0.15) is 29.8 Å². The minimum atomic E-state index is -3.51. The number of nitrogens with one attached hydrogen (secondary N) is 1. The molecule has 8 heteroatoms. The largest absolute Gasteiger partial charge is 0.345 e. The normalized spacial score (nSPS) is 16.5. The highest BCUT2D eigenvalue weighted by atomic mass is 32.2. The molecule has 0 unspecified atom stereocenters. The van der Waals surface area contributed by atoms with Gasteiger partial charge in [0.05, 0.1) is 0 Å². The molecule has 130 valence electrons. The molecule has 0 spiro atoms. The molecular formula is C15H26N4O3S. The van der Waals surface area contributed by atoms with E-state index in [1.165, 1.54) is 16.6 Å². The highest BCUT2D eigenvalue weighted by Crippen LogP contribution is 2.22. The number of carbonyl (C=O) groups is 1. The molecule has 1 fully saturated rings. The summed E-state index contributed by atoms with van der Waals surface area (Å²) in [7, 11) is 1.73. The van der Waals surface area contributed by atoms with Crippen molar-refractivity contribution in [1.82, 2.24) is 19.1 Å². The quantitative estimate of drug-likeness (QED) is 0.816. The number of sulfonamides is 1. The van der Waals surface area contributed by atoms with Gasteiger partial charge in [0.25, 0.3) is 5.91 Å². The molecule has 1 aromatic heterocycles. The second-order valence-electron chi connectivity index (χ2n) is 5.97. The summed E-state index contributed by atoms with van der Waals surface area (Å²) in [6.07, 6.45) is 4.39. The fourth-order valence-electron chi connectivity index (χ4n) is 2.72. The van der Waals surface area contributed by atoms with Crippen LogP contribution in [0.3, 0.4) is 0 Å². The molecule has 23 heavy (non-hydrogen) atoms. The lowest BCUT2D eigenvalue weighted by Gasteiger charge is -2.25. The number of piperidine rings is 1. The Labute approximate surface area is 138 Å². The summed E-state index contributed by atoms with van der Waals surface area (Å²) >= 11 is 0. The first-order valence-electron chi connectivity index (χ1n) is 7.94. The molecule has 1 amide bonds. The summed E-state index contributed by atoms with van der Waals surface area (Å²) in [6, 6.07) is 1.49. The summed E-state index contributed by atoms with van der Waals surface area (Å²) in [5.41, 5.74) is 0.388. The first-order valence-corrected chi connectivity index (χ1v) is 9.38. The Hall–Kier alpha value is -1.38. The number of carbonyl (C=O) groups excluding carboxylic acids is 1. The first kappa shape index (κ1) is 18.0. The van der Waals surface area contributed by atoms with Crippen LogP contribution >= 0.6 is 0 Å². The summed E-state index contributed by atoms with van der Waals surface area (Å²) < 4.78 is 28.5. The van der Waals surface area contributed by atoms with Gasteiger partial charge in [0.1, 0.15) is 10.6 Å². The Morgan fingerprint density at radius 2 is 1.96 bits per heavy atom. The number of hydrogen-bond acceptors (Lipinski definition) is 4. The maximum absolute atomic E-state index is 12.7. The number of aryl methyl sites for hydroxylation is 1. The minimum Gasteiger partial charge on any atom is -0.345 e. The van der Waals surface area contributed by atoms with Gasteiger partial charge in [-0.2, -0.15) is 4.31 Å². The molecule has 0 bridgehead atoms. The Morgan fingerprint density at radius 3 is 2.57 bits per heavy atom. The van der Waals surface area contributed by atoms with Crippen LogP contribution in [0.25, 0.3) is 0 Å². The van der Waals surface area contributed by atoms with Gasteiger partial charge in [-0.25, -0.2) is 8.42 Å². The zero-order valence-corrected chi connectivity index (χ0v) is 14.9. The Kier molecular flexibility index (Phi) is 5.83. The predicted molar refractivity (Wildman–Crippen MR) is 88.9 cm³/mol. The fraction of sp³-hybridized carbons (Fsp3) is 0.667. The molecular weight excluding hydrogens is 316 g/mol. The van der Waals surface area contributed by atoms with Crippen molar-refractivity contribution in [3.63, 3.8) is 0 Å². The van der Waals surface area contributed by atoms with Gasteiger partial charge in [-0.05, 0) is 26.0 Å². The van der Waals surface area contributed by atoms with Crippen LogP contribution in [0, 0.1) is 0 Å². The molecule has 2 rings (SSSR count). The fourth-order valence-corrected chi connectivity index (χ4v) is 4.31. The number of nitrogens with zero attached hydrogens (tertiary/aromatic N) is 3. The third-order valence-corrected chi connectivity index (χ3v) is 6.06. The smallest absolute Gasteiger partial charge is 0.270 e. The zero-order valence-electron chi connectivity index (χ0n) is 14.1. The average Bonchev–Trinajstić information content (AvgIpc) is 2.95. The lowest BCUT2D eigenvalue weighted by Crippen LogP contribution is -2.35. The predicted octanol–water partition coefficient (Wildman–Crippen LogP) is 0.491. The maximum atomic E-state index is 12.7. The van der Waals surface area contributed by atoms with Gasteiger partial charge in [0, 0.05) is 46.5 Å². The van der Waals surface area contributed by atoms with Crippen molar-refractivity contribution >= 4 is 15.9 Å². The number of hydrogen-bond donors (Lipinski definition) is 1. The monoisotopic (exact) mass is 342 g/mol. The van der Waals surface area contributed by atoms with E-state index in [-0.39, 0.29) is 10.8 Å². The molecule has 2 heterocycles. The summed E-state index contributed by atoms with van der Waals surface area (Å²) in [4.78, 5) is 14.2. The molecule has 0 saturated carbocycles. The SMILES string of the molecule is CNCCN(C)C(=O)c1cc(S(=O)(=O)N2CCCCC2)cn1C. The zero-order chi connectivity index (χ0) is 17.0. The van der Waals surface area contributed by atoms with Crippen LogP contribution < -0.4 is 5.32 Å². The van der Waals surface area contributed by atoms with Crippen molar-refractivity contribution < 1.29 is 13.2 Å². The van der Waals surface area contributed by atoms with E-state index >= 15 is 0 Å². The lowest BCUT2D eigenvalue weighted by molar-refractivity contribution is 0.0787. The first-order chi connectivity index (χ1) is 10.9. The Bertz CT molecular complexity index is 648. The summed E-state index contributed by atoms with van der Waals surface area (Å²) in [5, 5.41) is 2.99. The van der Waals surface area contributed by atoms with Crippen molar-refractivity contribution in [3.8, 4) is 0 Å². The molecule has 1 aliphatic rings. The van der Waals surface area contributed by atoms with Crippen LogP contribution in [0.2, 0.25) is 0 Å². The van der Waals surface area contributed by atoms with Gasteiger partial charge in [-0.15, -0.1) is 0 Å². The molecule has 1 aliphatic heterocycles. The van der Waals surface area contributed by atoms with E-state index in [4.69, 9.17) is 0 Å². The molecule has 1 aromatic rings. The van der Waals surface area contributed by atoms with E-state index in [1.54, 1.807) is 23.6 Å². The highest BCUT2D eigenvalue weighted by molar-refractivity contribution is 7.89. The van der Waals surface area contributed by atoms with Crippen LogP contribution in [-0.2, 0) is 17.1 Å². The number of aromatic nitrogens is 1. The summed E-state index contributed by atoms with van der Waals surface area (Å²) in [5.74, 6) is -0.178. The third kappa shape index (κ3) is 3.94. The van der Waals surface area contributed by atoms with E-state index < -0.39 is 10.0 Å². The Morgan fingerprint density at radius 1 is 1.30 bits per heavy atom. The number of likely N-dealkylation sites (N-methyl/N-ethyl adjacent to an activating group) is 2. The minimum absolute atomic E-state index is 0.178. The molecule has 7 nitrogen and oxygen atoms in total. The van der Waals surface area contributed by atoms with Crippen molar-refractivity contribution in [3.05, 3.63) is 18.0 Å². The molecule has 0 aromatic carbocycles. The van der Waals surface area contributed by atoms with Gasteiger partial charge in [0.2, 0.25) is 10.0 Å². The molecule has 1 saturated heterocycles. The Balaban J connectivity index is 2.21. The van der Waals surface area contributed by atoms with Crippen LogP contribution in [0.5, 0.6) is 0 Å². The van der Waals surface area contributed by atoms with Gasteiger partial charge in [-0.1, -0.05) is 6.42 Å². The van der Waals surface area contributed by atoms with Crippen LogP contribution in [0.15, 0.2) is 17.2 Å². The van der Waals surface area contributed by atoms with E-state index in [0.717, 1.165) is 19.3 Å². The number of rotatable bonds is 6. The maximum Gasteiger partial charge on any atom is 0.270 e. The van der Waals surface area contributed by atoms with E-state index in [1.807, 2.05) is 7.05 Å². The van der Waals surface area contributed by atoms with Crippen molar-refractivity contribution in [2.24, 2.45) is 7.05 Å². The average molecular weight is 342 g/mol. The molecule has 0 atom stereocenters. The van der Waals surface area contributed by atoms with Crippen molar-refractivity contribution in [2.45, 2.75) is 24.2 Å². The van der Waals surface area contributed by atoms with E-state index in [0.29, 0.717) is 31.9 Å². The van der Waals surface area contributed by atoms with Gasteiger partial charge < -0.3 is 14.8 Å². The van der Waals surface area contributed by atoms with Crippen molar-refractivity contribution in [1.29, 1.82) is 0 Å². The highest BCUT2D eigenvalue weighted by Gasteiger charge is 2.28.